The Kier molecular flexibility index (Phi) is 5.22. The van der Waals surface area contributed by atoms with Crippen molar-refractivity contribution >= 4 is 17.6 Å². The summed E-state index contributed by atoms with van der Waals surface area (Å²) in [6.45, 7) is 0. The van der Waals surface area contributed by atoms with Crippen LogP contribution in [0.5, 0.6) is 0 Å². The lowest BCUT2D eigenvalue weighted by Crippen LogP contribution is -2.49. The molecule has 2 unspecified atom stereocenters. The minimum atomic E-state index is -0.725. The van der Waals surface area contributed by atoms with Crippen LogP contribution >= 0.6 is 0 Å². The zero-order valence-electron chi connectivity index (χ0n) is 13.8. The van der Waals surface area contributed by atoms with E-state index in [9.17, 15) is 18.4 Å². The third kappa shape index (κ3) is 4.20. The van der Waals surface area contributed by atoms with Crippen LogP contribution in [0.4, 0.5) is 14.6 Å². The van der Waals surface area contributed by atoms with Crippen molar-refractivity contribution in [3.63, 3.8) is 0 Å². The second-order valence-electron chi connectivity index (χ2n) is 6.23. The molecule has 0 radical (unpaired) electrons. The van der Waals surface area contributed by atoms with Crippen LogP contribution in [-0.4, -0.2) is 28.9 Å². The number of nitrogens with two attached hydrogens (primary N) is 1. The van der Waals surface area contributed by atoms with E-state index < -0.39 is 29.6 Å². The minimum absolute atomic E-state index is 0.0145. The van der Waals surface area contributed by atoms with Crippen LogP contribution in [0.3, 0.4) is 0 Å². The fraction of sp³-hybridized carbons (Fsp3) is 0.278. The van der Waals surface area contributed by atoms with Gasteiger partial charge in [0.25, 0.3) is 0 Å². The van der Waals surface area contributed by atoms with Gasteiger partial charge in [-0.25, -0.2) is 13.8 Å². The Balaban J connectivity index is 1.57. The van der Waals surface area contributed by atoms with Gasteiger partial charge in [-0.1, -0.05) is 6.07 Å². The van der Waals surface area contributed by atoms with Crippen LogP contribution < -0.4 is 16.4 Å². The van der Waals surface area contributed by atoms with Gasteiger partial charge in [0.05, 0.1) is 0 Å². The number of rotatable bonds is 5. The molecule has 2 atom stereocenters. The average Bonchev–Trinajstić information content (AvgIpc) is 2.58. The first-order chi connectivity index (χ1) is 12.4. The molecule has 0 spiro atoms. The quantitative estimate of drug-likeness (QED) is 0.749. The SMILES string of the molecule is NC(CC(=O)NC1Cc2cccnc2NC1=O)Cc1cc(F)ccc1F. The molecule has 1 aliphatic rings. The van der Waals surface area contributed by atoms with Crippen LogP contribution in [0.1, 0.15) is 17.5 Å². The fourth-order valence-corrected chi connectivity index (χ4v) is 2.89. The molecule has 4 N–H and O–H groups in total. The summed E-state index contributed by atoms with van der Waals surface area (Å²) in [5, 5.41) is 5.26. The van der Waals surface area contributed by atoms with Crippen molar-refractivity contribution in [2.45, 2.75) is 31.3 Å². The summed E-state index contributed by atoms with van der Waals surface area (Å²) < 4.78 is 26.8. The predicted octanol–water partition coefficient (Wildman–Crippen LogP) is 1.30. The van der Waals surface area contributed by atoms with Crippen molar-refractivity contribution in [1.82, 2.24) is 10.3 Å². The van der Waals surface area contributed by atoms with Crippen molar-refractivity contribution in [1.29, 1.82) is 0 Å². The summed E-state index contributed by atoms with van der Waals surface area (Å²) in [5.41, 5.74) is 6.82. The number of hydrogen-bond acceptors (Lipinski definition) is 4. The van der Waals surface area contributed by atoms with Crippen LogP contribution in [0.2, 0.25) is 0 Å². The summed E-state index contributed by atoms with van der Waals surface area (Å²) in [4.78, 5) is 28.3. The molecule has 0 aliphatic carbocycles. The van der Waals surface area contributed by atoms with Crippen LogP contribution in [0.15, 0.2) is 36.5 Å². The molecule has 2 amide bonds. The number of hydrogen-bond donors (Lipinski definition) is 3. The van der Waals surface area contributed by atoms with E-state index in [4.69, 9.17) is 5.73 Å². The van der Waals surface area contributed by atoms with Crippen LogP contribution in [-0.2, 0) is 22.4 Å². The van der Waals surface area contributed by atoms with Gasteiger partial charge in [-0.2, -0.15) is 0 Å². The molecule has 2 heterocycles. The zero-order chi connectivity index (χ0) is 18.7. The van der Waals surface area contributed by atoms with Gasteiger partial charge in [0.15, 0.2) is 0 Å². The maximum Gasteiger partial charge on any atom is 0.248 e. The molecule has 26 heavy (non-hydrogen) atoms. The second kappa shape index (κ2) is 7.57. The Bertz CT molecular complexity index is 844. The molecule has 2 aromatic rings. The summed E-state index contributed by atoms with van der Waals surface area (Å²) in [6, 6.07) is 5.24. The molecule has 6 nitrogen and oxygen atoms in total. The highest BCUT2D eigenvalue weighted by atomic mass is 19.1. The summed E-state index contributed by atoms with van der Waals surface area (Å²) in [6.07, 6.45) is 1.80. The normalized spacial score (nSPS) is 17.2. The lowest BCUT2D eigenvalue weighted by molar-refractivity contribution is -0.126. The van der Waals surface area contributed by atoms with Gasteiger partial charge < -0.3 is 16.4 Å². The number of amides is 2. The lowest BCUT2D eigenvalue weighted by Gasteiger charge is -2.25. The third-order valence-electron chi connectivity index (χ3n) is 4.15. The number of halogens is 2. The molecule has 1 aliphatic heterocycles. The van der Waals surface area contributed by atoms with Gasteiger partial charge in [-0.15, -0.1) is 0 Å². The molecule has 0 saturated carbocycles. The predicted molar refractivity (Wildman–Crippen MR) is 91.2 cm³/mol. The van der Waals surface area contributed by atoms with Crippen LogP contribution in [0, 0.1) is 11.6 Å². The van der Waals surface area contributed by atoms with E-state index in [1.165, 1.54) is 0 Å². The van der Waals surface area contributed by atoms with E-state index in [0.717, 1.165) is 23.8 Å². The highest BCUT2D eigenvalue weighted by Gasteiger charge is 2.28. The standard InChI is InChI=1S/C18H18F2N4O2/c19-12-3-4-14(20)11(6-12)7-13(21)9-16(25)23-15-8-10-2-1-5-22-17(10)24-18(15)26/h1-6,13,15H,7-9,21H2,(H,23,25)(H,22,24,26). The third-order valence-corrected chi connectivity index (χ3v) is 4.15. The van der Waals surface area contributed by atoms with E-state index in [1.807, 2.05) is 6.07 Å². The van der Waals surface area contributed by atoms with Crippen molar-refractivity contribution in [3.05, 3.63) is 59.3 Å². The summed E-state index contributed by atoms with van der Waals surface area (Å²) in [5.74, 6) is -1.43. The molecule has 0 saturated heterocycles. The number of anilines is 1. The number of nitrogens with one attached hydrogen (secondary N) is 2. The van der Waals surface area contributed by atoms with Crippen molar-refractivity contribution in [3.8, 4) is 0 Å². The first-order valence-electron chi connectivity index (χ1n) is 8.16. The first-order valence-corrected chi connectivity index (χ1v) is 8.16. The summed E-state index contributed by atoms with van der Waals surface area (Å²) in [7, 11) is 0. The number of pyridine rings is 1. The van der Waals surface area contributed by atoms with E-state index in [-0.39, 0.29) is 24.3 Å². The van der Waals surface area contributed by atoms with Crippen LogP contribution in [0.25, 0.3) is 0 Å². The van der Waals surface area contributed by atoms with E-state index in [1.54, 1.807) is 12.3 Å². The molecule has 8 heteroatoms. The maximum absolute atomic E-state index is 13.7. The van der Waals surface area contributed by atoms with Crippen molar-refractivity contribution < 1.29 is 18.4 Å². The number of benzene rings is 1. The maximum atomic E-state index is 13.7. The van der Waals surface area contributed by atoms with Gasteiger partial charge in [0, 0.05) is 25.1 Å². The molecule has 1 aromatic heterocycles. The second-order valence-corrected chi connectivity index (χ2v) is 6.23. The minimum Gasteiger partial charge on any atom is -0.344 e. The van der Waals surface area contributed by atoms with Crippen molar-refractivity contribution in [2.75, 3.05) is 5.32 Å². The molecule has 136 valence electrons. The van der Waals surface area contributed by atoms with Gasteiger partial charge in [-0.05, 0) is 41.8 Å². The molecule has 3 rings (SSSR count). The van der Waals surface area contributed by atoms with E-state index in [2.05, 4.69) is 15.6 Å². The number of carbonyl (C=O) groups excluding carboxylic acids is 2. The van der Waals surface area contributed by atoms with Gasteiger partial charge in [-0.3, -0.25) is 9.59 Å². The highest BCUT2D eigenvalue weighted by molar-refractivity contribution is 5.99. The summed E-state index contributed by atoms with van der Waals surface area (Å²) >= 11 is 0. The Morgan fingerprint density at radius 1 is 1.38 bits per heavy atom. The van der Waals surface area contributed by atoms with E-state index >= 15 is 0 Å². The van der Waals surface area contributed by atoms with E-state index in [0.29, 0.717) is 12.2 Å². The van der Waals surface area contributed by atoms with Gasteiger partial charge in [0.1, 0.15) is 23.5 Å². The number of fused-ring (bicyclic) bond motifs is 1. The number of nitrogens with zero attached hydrogens (tertiary/aromatic N) is 1. The zero-order valence-corrected chi connectivity index (χ0v) is 13.8. The Labute approximate surface area is 148 Å². The Morgan fingerprint density at radius 3 is 3.00 bits per heavy atom. The lowest BCUT2D eigenvalue weighted by atomic mass is 10.0. The Hall–Kier alpha value is -2.87. The monoisotopic (exact) mass is 360 g/mol. The molecule has 0 bridgehead atoms. The fourth-order valence-electron chi connectivity index (χ4n) is 2.89. The number of carbonyl (C=O) groups is 2. The highest BCUT2D eigenvalue weighted by Crippen LogP contribution is 2.19. The average molecular weight is 360 g/mol. The largest absolute Gasteiger partial charge is 0.344 e. The van der Waals surface area contributed by atoms with Gasteiger partial charge >= 0.3 is 0 Å². The first kappa shape index (κ1) is 17.9. The molecular weight excluding hydrogens is 342 g/mol. The molecule has 1 aromatic carbocycles. The molecule has 0 fully saturated rings. The molecular formula is C18H18F2N4O2. The van der Waals surface area contributed by atoms with Gasteiger partial charge in [0.2, 0.25) is 11.8 Å². The van der Waals surface area contributed by atoms with Crippen molar-refractivity contribution in [2.24, 2.45) is 5.73 Å². The number of aromatic nitrogens is 1. The Morgan fingerprint density at radius 2 is 2.19 bits per heavy atom. The smallest absolute Gasteiger partial charge is 0.248 e. The topological polar surface area (TPSA) is 97.1 Å².